The van der Waals surface area contributed by atoms with Crippen molar-refractivity contribution in [2.24, 2.45) is 5.73 Å². The van der Waals surface area contributed by atoms with Gasteiger partial charge in [-0.1, -0.05) is 18.2 Å². The highest BCUT2D eigenvalue weighted by molar-refractivity contribution is 7.85. The number of nitrogens with two attached hydrogens (primary N) is 1. The molecule has 17 heavy (non-hydrogen) atoms. The molecule has 0 bridgehead atoms. The van der Waals surface area contributed by atoms with Crippen LogP contribution in [-0.2, 0) is 10.8 Å². The van der Waals surface area contributed by atoms with Crippen molar-refractivity contribution in [2.45, 2.75) is 9.92 Å². The van der Waals surface area contributed by atoms with Gasteiger partial charge >= 0.3 is 0 Å². The van der Waals surface area contributed by atoms with E-state index in [4.69, 9.17) is 5.73 Å². The Morgan fingerprint density at radius 2 is 1.88 bits per heavy atom. The maximum absolute atomic E-state index is 12.1. The molecule has 0 aliphatic heterocycles. The van der Waals surface area contributed by atoms with Crippen molar-refractivity contribution in [1.29, 1.82) is 0 Å². The lowest BCUT2D eigenvalue weighted by molar-refractivity contribution is 0.0994. The van der Waals surface area contributed by atoms with Gasteiger partial charge in [0.25, 0.3) is 5.91 Å². The molecule has 1 aromatic carbocycles. The molecule has 1 heterocycles. The molecular weight excluding hydrogens is 238 g/mol. The lowest BCUT2D eigenvalue weighted by atomic mass is 10.4. The van der Waals surface area contributed by atoms with Crippen LogP contribution in [0.2, 0.25) is 0 Å². The van der Waals surface area contributed by atoms with Crippen LogP contribution >= 0.6 is 0 Å². The highest BCUT2D eigenvalue weighted by Gasteiger charge is 2.11. The Morgan fingerprint density at radius 1 is 1.18 bits per heavy atom. The van der Waals surface area contributed by atoms with E-state index >= 15 is 0 Å². The third kappa shape index (κ3) is 2.54. The number of nitrogens with zero attached hydrogens (tertiary/aromatic N) is 2. The molecule has 2 rings (SSSR count). The number of aromatic nitrogens is 2. The number of benzene rings is 1. The molecule has 0 aliphatic carbocycles. The molecule has 6 heteroatoms. The molecule has 2 N–H and O–H groups in total. The normalized spacial score (nSPS) is 12.0. The van der Waals surface area contributed by atoms with Gasteiger partial charge in [0.15, 0.2) is 5.03 Å². The van der Waals surface area contributed by atoms with E-state index in [0.29, 0.717) is 4.90 Å². The second kappa shape index (κ2) is 4.84. The number of carbonyl (C=O) groups excluding carboxylic acids is 1. The number of rotatable bonds is 3. The van der Waals surface area contributed by atoms with E-state index in [2.05, 4.69) is 9.97 Å². The predicted octanol–water partition coefficient (Wildman–Crippen LogP) is 0.742. The molecule has 0 fully saturated rings. The van der Waals surface area contributed by atoms with E-state index in [9.17, 15) is 9.00 Å². The fourth-order valence-corrected chi connectivity index (χ4v) is 2.20. The van der Waals surface area contributed by atoms with Crippen molar-refractivity contribution in [3.8, 4) is 0 Å². The summed E-state index contributed by atoms with van der Waals surface area (Å²) in [6, 6.07) is 8.81. The van der Waals surface area contributed by atoms with Crippen LogP contribution in [0, 0.1) is 0 Å². The molecular formula is C11H9N3O2S. The molecule has 1 unspecified atom stereocenters. The first kappa shape index (κ1) is 11.4. The number of carbonyl (C=O) groups is 1. The van der Waals surface area contributed by atoms with Crippen LogP contribution in [0.15, 0.2) is 52.6 Å². The zero-order chi connectivity index (χ0) is 12.3. The topological polar surface area (TPSA) is 85.9 Å². The summed E-state index contributed by atoms with van der Waals surface area (Å²) in [6.45, 7) is 0. The summed E-state index contributed by atoms with van der Waals surface area (Å²) in [4.78, 5) is 19.2. The SMILES string of the molecule is NC(=O)c1cncc(S(=O)c2ccccc2)n1. The van der Waals surface area contributed by atoms with Crippen LogP contribution in [0.5, 0.6) is 0 Å². The van der Waals surface area contributed by atoms with Crippen molar-refractivity contribution in [3.05, 3.63) is 48.4 Å². The summed E-state index contributed by atoms with van der Waals surface area (Å²) in [5.74, 6) is -0.690. The van der Waals surface area contributed by atoms with Gasteiger partial charge in [-0.15, -0.1) is 0 Å². The van der Waals surface area contributed by atoms with E-state index in [1.165, 1.54) is 12.4 Å². The fourth-order valence-electron chi connectivity index (χ4n) is 1.22. The molecule has 0 saturated heterocycles. The summed E-state index contributed by atoms with van der Waals surface area (Å²) in [5, 5.41) is 0.215. The van der Waals surface area contributed by atoms with E-state index in [1.54, 1.807) is 24.3 Å². The number of primary amides is 1. The molecule has 0 saturated carbocycles. The molecule has 5 nitrogen and oxygen atoms in total. The second-order valence-corrected chi connectivity index (χ2v) is 4.62. The Morgan fingerprint density at radius 3 is 2.53 bits per heavy atom. The van der Waals surface area contributed by atoms with E-state index in [0.717, 1.165) is 0 Å². The van der Waals surface area contributed by atoms with Crippen molar-refractivity contribution in [1.82, 2.24) is 9.97 Å². The van der Waals surface area contributed by atoms with Crippen LogP contribution < -0.4 is 5.73 Å². The summed E-state index contributed by atoms with van der Waals surface area (Å²) in [6.07, 6.45) is 2.60. The smallest absolute Gasteiger partial charge is 0.268 e. The van der Waals surface area contributed by atoms with Crippen molar-refractivity contribution in [2.75, 3.05) is 0 Å². The molecule has 1 aromatic heterocycles. The predicted molar refractivity (Wildman–Crippen MR) is 61.7 cm³/mol. The van der Waals surface area contributed by atoms with Crippen LogP contribution in [0.25, 0.3) is 0 Å². The van der Waals surface area contributed by atoms with E-state index in [1.807, 2.05) is 6.07 Å². The van der Waals surface area contributed by atoms with E-state index < -0.39 is 16.7 Å². The standard InChI is InChI=1S/C11H9N3O2S/c12-11(15)9-6-13-7-10(14-9)17(16)8-4-2-1-3-5-8/h1-7H,(H2,12,15). The average Bonchev–Trinajstić information content (AvgIpc) is 2.39. The van der Waals surface area contributed by atoms with Crippen LogP contribution in [-0.4, -0.2) is 20.1 Å². The largest absolute Gasteiger partial charge is 0.364 e. The molecule has 0 radical (unpaired) electrons. The molecule has 1 atom stereocenters. The molecule has 1 amide bonds. The van der Waals surface area contributed by atoms with Crippen molar-refractivity contribution >= 4 is 16.7 Å². The Balaban J connectivity index is 2.38. The lowest BCUT2D eigenvalue weighted by Crippen LogP contribution is -2.14. The Hall–Kier alpha value is -2.08. The van der Waals surface area contributed by atoms with Gasteiger partial charge in [0.1, 0.15) is 16.5 Å². The minimum Gasteiger partial charge on any atom is -0.364 e. The third-order valence-corrected chi connectivity index (χ3v) is 3.29. The highest BCUT2D eigenvalue weighted by Crippen LogP contribution is 2.13. The summed E-state index contributed by atoms with van der Waals surface area (Å²) >= 11 is 0. The van der Waals surface area contributed by atoms with Gasteiger partial charge in [-0.2, -0.15) is 0 Å². The number of amides is 1. The Labute approximate surface area is 100 Å². The van der Waals surface area contributed by atoms with Gasteiger partial charge in [-0.3, -0.25) is 9.78 Å². The lowest BCUT2D eigenvalue weighted by Gasteiger charge is -2.01. The van der Waals surface area contributed by atoms with E-state index in [-0.39, 0.29) is 10.7 Å². The zero-order valence-electron chi connectivity index (χ0n) is 8.74. The van der Waals surface area contributed by atoms with Crippen LogP contribution in [0.4, 0.5) is 0 Å². The van der Waals surface area contributed by atoms with Gasteiger partial charge in [0.05, 0.1) is 12.4 Å². The summed E-state index contributed by atoms with van der Waals surface area (Å²) in [7, 11) is -1.46. The summed E-state index contributed by atoms with van der Waals surface area (Å²) < 4.78 is 12.1. The second-order valence-electron chi connectivity index (χ2n) is 3.19. The first-order valence-corrected chi connectivity index (χ1v) is 5.92. The molecule has 0 aliphatic rings. The van der Waals surface area contributed by atoms with Crippen LogP contribution in [0.1, 0.15) is 10.5 Å². The van der Waals surface area contributed by atoms with Crippen molar-refractivity contribution < 1.29 is 9.00 Å². The fraction of sp³-hybridized carbons (Fsp3) is 0. The molecule has 86 valence electrons. The maximum atomic E-state index is 12.1. The zero-order valence-corrected chi connectivity index (χ0v) is 9.55. The van der Waals surface area contributed by atoms with Gasteiger partial charge in [0, 0.05) is 4.90 Å². The molecule has 2 aromatic rings. The van der Waals surface area contributed by atoms with Crippen LogP contribution in [0.3, 0.4) is 0 Å². The first-order valence-electron chi connectivity index (χ1n) is 4.77. The van der Waals surface area contributed by atoms with Gasteiger partial charge < -0.3 is 5.73 Å². The third-order valence-electron chi connectivity index (χ3n) is 2.01. The van der Waals surface area contributed by atoms with Gasteiger partial charge in [-0.25, -0.2) is 9.19 Å². The van der Waals surface area contributed by atoms with Gasteiger partial charge in [0.2, 0.25) is 0 Å². The van der Waals surface area contributed by atoms with Gasteiger partial charge in [-0.05, 0) is 12.1 Å². The number of hydrogen-bond acceptors (Lipinski definition) is 4. The monoisotopic (exact) mass is 247 g/mol. The Bertz CT molecular complexity index is 572. The average molecular weight is 247 g/mol. The van der Waals surface area contributed by atoms with Crippen molar-refractivity contribution in [3.63, 3.8) is 0 Å². The first-order chi connectivity index (χ1) is 8.18. The minimum atomic E-state index is -1.46. The maximum Gasteiger partial charge on any atom is 0.268 e. The quantitative estimate of drug-likeness (QED) is 0.866. The Kier molecular flexibility index (Phi) is 3.24. The molecule has 0 spiro atoms. The minimum absolute atomic E-state index is 0.00628. The number of hydrogen-bond donors (Lipinski definition) is 1. The summed E-state index contributed by atoms with van der Waals surface area (Å²) in [5.41, 5.74) is 5.09. The highest BCUT2D eigenvalue weighted by atomic mass is 32.2.